The highest BCUT2D eigenvalue weighted by Gasteiger charge is 2.26. The fourth-order valence-corrected chi connectivity index (χ4v) is 7.43. The van der Waals surface area contributed by atoms with E-state index < -0.39 is 38.6 Å². The molecule has 338 valence electrons. The van der Waals surface area contributed by atoms with Gasteiger partial charge in [0.05, 0.1) is 19.8 Å². The number of carbonyl (C=O) groups is 3. The molecule has 0 aliphatic rings. The summed E-state index contributed by atoms with van der Waals surface area (Å²) in [5, 5.41) is 2.41. The zero-order valence-electron chi connectivity index (χ0n) is 37.0. The highest BCUT2D eigenvalue weighted by Crippen LogP contribution is 2.43. The maximum absolute atomic E-state index is 12.7. The Balaban J connectivity index is 4.40. The van der Waals surface area contributed by atoms with Crippen LogP contribution in [0.4, 0.5) is 4.79 Å². The van der Waals surface area contributed by atoms with E-state index in [2.05, 4.69) is 19.2 Å². The summed E-state index contributed by atoms with van der Waals surface area (Å²) in [5.41, 5.74) is 0. The van der Waals surface area contributed by atoms with Crippen LogP contribution in [0.15, 0.2) is 0 Å². The van der Waals surface area contributed by atoms with Crippen LogP contribution >= 0.6 is 7.82 Å². The van der Waals surface area contributed by atoms with Gasteiger partial charge in [0, 0.05) is 19.4 Å². The normalized spacial score (nSPS) is 12.9. The average Bonchev–Trinajstić information content (AvgIpc) is 3.19. The maximum atomic E-state index is 12.7. The second-order valence-corrected chi connectivity index (χ2v) is 17.3. The fourth-order valence-electron chi connectivity index (χ4n) is 6.67. The van der Waals surface area contributed by atoms with Crippen molar-refractivity contribution in [3.63, 3.8) is 0 Å². The number of hydrogen-bond donors (Lipinski definition) is 2. The van der Waals surface area contributed by atoms with E-state index in [0.717, 1.165) is 38.5 Å². The summed E-state index contributed by atoms with van der Waals surface area (Å²) in [6.07, 6.45) is 36.4. The van der Waals surface area contributed by atoms with E-state index in [1.807, 2.05) is 6.92 Å². The summed E-state index contributed by atoms with van der Waals surface area (Å²) in [6.45, 7) is 5.50. The minimum absolute atomic E-state index is 0.0644. The lowest BCUT2D eigenvalue weighted by atomic mass is 10.0. The summed E-state index contributed by atoms with van der Waals surface area (Å²) >= 11 is 0. The van der Waals surface area contributed by atoms with E-state index in [0.29, 0.717) is 12.8 Å². The first kappa shape index (κ1) is 55.3. The second-order valence-electron chi connectivity index (χ2n) is 15.9. The molecule has 0 aromatic heterocycles. The number of ether oxygens (including phenoxy) is 3. The van der Waals surface area contributed by atoms with E-state index in [1.165, 1.54) is 148 Å². The highest BCUT2D eigenvalue weighted by atomic mass is 31.2. The molecule has 0 fully saturated rings. The molecule has 0 aromatic carbocycles. The molecule has 0 aliphatic carbocycles. The number of rotatable bonds is 44. The molecule has 0 saturated heterocycles. The molecule has 57 heavy (non-hydrogen) atoms. The van der Waals surface area contributed by atoms with E-state index >= 15 is 0 Å². The number of amides is 1. The lowest BCUT2D eigenvalue weighted by Gasteiger charge is -2.20. The Hall–Kier alpha value is -1.68. The van der Waals surface area contributed by atoms with Crippen LogP contribution in [0.25, 0.3) is 0 Å². The molecule has 0 rings (SSSR count). The van der Waals surface area contributed by atoms with Crippen LogP contribution in [0.1, 0.15) is 233 Å². The van der Waals surface area contributed by atoms with E-state index in [9.17, 15) is 23.8 Å². The van der Waals surface area contributed by atoms with Crippen LogP contribution in [0.3, 0.4) is 0 Å². The van der Waals surface area contributed by atoms with Gasteiger partial charge in [0.1, 0.15) is 6.61 Å². The topological polar surface area (TPSA) is 147 Å². The smallest absolute Gasteiger partial charge is 0.462 e. The largest absolute Gasteiger partial charge is 0.472 e. The van der Waals surface area contributed by atoms with Gasteiger partial charge in [-0.25, -0.2) is 9.36 Å². The molecular weight excluding hydrogens is 745 g/mol. The molecule has 2 unspecified atom stereocenters. The number of phosphoric acid groups is 1. The number of carbonyl (C=O) groups excluding carboxylic acids is 3. The molecule has 0 aliphatic heterocycles. The second kappa shape index (κ2) is 42.4. The van der Waals surface area contributed by atoms with Gasteiger partial charge in [0.2, 0.25) is 0 Å². The van der Waals surface area contributed by atoms with Crippen LogP contribution in [0, 0.1) is 0 Å². The van der Waals surface area contributed by atoms with Crippen molar-refractivity contribution in [1.82, 2.24) is 5.32 Å². The molecule has 0 bridgehead atoms. The van der Waals surface area contributed by atoms with E-state index in [-0.39, 0.29) is 39.2 Å². The van der Waals surface area contributed by atoms with Crippen molar-refractivity contribution in [2.24, 2.45) is 0 Å². The van der Waals surface area contributed by atoms with Crippen molar-refractivity contribution in [3.05, 3.63) is 0 Å². The first-order chi connectivity index (χ1) is 27.7. The first-order valence-corrected chi connectivity index (χ1v) is 25.1. The summed E-state index contributed by atoms with van der Waals surface area (Å²) in [7, 11) is -4.54. The molecule has 1 amide bonds. The van der Waals surface area contributed by atoms with Crippen LogP contribution in [-0.2, 0) is 37.4 Å². The Kier molecular flexibility index (Phi) is 41.2. The monoisotopic (exact) mass is 834 g/mol. The van der Waals surface area contributed by atoms with Gasteiger partial charge in [-0.2, -0.15) is 0 Å². The summed E-state index contributed by atoms with van der Waals surface area (Å²) in [5.74, 6) is -0.877. The van der Waals surface area contributed by atoms with Gasteiger partial charge in [-0.1, -0.05) is 201 Å². The van der Waals surface area contributed by atoms with Gasteiger partial charge in [0.15, 0.2) is 6.10 Å². The molecule has 0 saturated carbocycles. The summed E-state index contributed by atoms with van der Waals surface area (Å²) in [4.78, 5) is 46.9. The highest BCUT2D eigenvalue weighted by molar-refractivity contribution is 7.47. The lowest BCUT2D eigenvalue weighted by molar-refractivity contribution is -0.161. The van der Waals surface area contributed by atoms with E-state index in [4.69, 9.17) is 23.3 Å². The zero-order chi connectivity index (χ0) is 41.9. The van der Waals surface area contributed by atoms with Crippen LogP contribution in [0.2, 0.25) is 0 Å². The van der Waals surface area contributed by atoms with Gasteiger partial charge >= 0.3 is 25.9 Å². The van der Waals surface area contributed by atoms with Crippen molar-refractivity contribution >= 4 is 25.9 Å². The van der Waals surface area contributed by atoms with Gasteiger partial charge in [-0.3, -0.25) is 18.6 Å². The standard InChI is InChI=1S/C45H88NO10P/c1-4-7-9-11-13-15-17-19-21-23-25-27-29-31-33-35-43(47)53-40-42(41-55-57(50,51)54-39-37-46-45(49)52-38-6-3)56-44(48)36-34-32-30-28-26-24-22-20-18-16-14-12-10-8-5-2/h42H,4-41H2,1-3H3,(H,46,49)(H,50,51). The first-order valence-electron chi connectivity index (χ1n) is 23.6. The van der Waals surface area contributed by atoms with Gasteiger partial charge in [-0.15, -0.1) is 0 Å². The molecule has 0 spiro atoms. The number of phosphoric ester groups is 1. The van der Waals surface area contributed by atoms with E-state index in [1.54, 1.807) is 0 Å². The molecule has 11 nitrogen and oxygen atoms in total. The van der Waals surface area contributed by atoms with Crippen LogP contribution in [-0.4, -0.2) is 62.0 Å². The van der Waals surface area contributed by atoms with Crippen molar-refractivity contribution < 1.29 is 47.1 Å². The fraction of sp³-hybridized carbons (Fsp3) is 0.933. The molecule has 2 atom stereocenters. The number of hydrogen-bond acceptors (Lipinski definition) is 9. The van der Waals surface area contributed by atoms with Crippen molar-refractivity contribution in [2.75, 3.05) is 33.0 Å². The summed E-state index contributed by atoms with van der Waals surface area (Å²) in [6, 6.07) is 0. The number of alkyl carbamates (subject to hydrolysis) is 1. The molecule has 2 N–H and O–H groups in total. The SMILES string of the molecule is CCCCCCCCCCCCCCCCCC(=O)OCC(COP(=O)(O)OCCNC(=O)OCCC)OC(=O)CCCCCCCCCCCCCCCCC. The third kappa shape index (κ3) is 42.3. The molecule has 0 aromatic rings. The predicted molar refractivity (Wildman–Crippen MR) is 231 cm³/mol. The Morgan fingerprint density at radius 2 is 0.860 bits per heavy atom. The minimum Gasteiger partial charge on any atom is -0.462 e. The average molecular weight is 834 g/mol. The summed E-state index contributed by atoms with van der Waals surface area (Å²) < 4.78 is 38.3. The quantitative estimate of drug-likeness (QED) is 0.0263. The van der Waals surface area contributed by atoms with Crippen molar-refractivity contribution in [1.29, 1.82) is 0 Å². The Labute approximate surface area is 349 Å². The van der Waals surface area contributed by atoms with Crippen LogP contribution < -0.4 is 5.32 Å². The number of nitrogens with one attached hydrogen (secondary N) is 1. The Bertz CT molecular complexity index is 968. The molecular formula is C45H88NO10P. The zero-order valence-corrected chi connectivity index (χ0v) is 37.9. The molecule has 12 heteroatoms. The number of esters is 2. The van der Waals surface area contributed by atoms with Crippen LogP contribution in [0.5, 0.6) is 0 Å². The van der Waals surface area contributed by atoms with Gasteiger partial charge in [-0.05, 0) is 19.3 Å². The Morgan fingerprint density at radius 3 is 1.26 bits per heavy atom. The van der Waals surface area contributed by atoms with Crippen molar-refractivity contribution in [2.45, 2.75) is 239 Å². The lowest BCUT2D eigenvalue weighted by Crippen LogP contribution is -2.30. The third-order valence-corrected chi connectivity index (χ3v) is 11.2. The van der Waals surface area contributed by atoms with Crippen molar-refractivity contribution in [3.8, 4) is 0 Å². The molecule has 0 heterocycles. The van der Waals surface area contributed by atoms with Gasteiger partial charge in [0.25, 0.3) is 0 Å². The van der Waals surface area contributed by atoms with Gasteiger partial charge < -0.3 is 24.4 Å². The predicted octanol–water partition coefficient (Wildman–Crippen LogP) is 13.2. The molecule has 0 radical (unpaired) electrons. The Morgan fingerprint density at radius 1 is 0.474 bits per heavy atom. The number of unbranched alkanes of at least 4 members (excludes halogenated alkanes) is 28. The third-order valence-electron chi connectivity index (χ3n) is 10.2. The minimum atomic E-state index is -4.54. The maximum Gasteiger partial charge on any atom is 0.472 e.